The summed E-state index contributed by atoms with van der Waals surface area (Å²) >= 11 is 0. The van der Waals surface area contributed by atoms with Gasteiger partial charge in [0.1, 0.15) is 18.3 Å². The van der Waals surface area contributed by atoms with Crippen LogP contribution < -0.4 is 0 Å². The molecule has 0 spiro atoms. The highest BCUT2D eigenvalue weighted by molar-refractivity contribution is 5.98. The number of carbonyl (C=O) groups is 1. The number of amides is 1. The third kappa shape index (κ3) is 4.28. The van der Waals surface area contributed by atoms with E-state index < -0.39 is 36.4 Å². The molecule has 7 nitrogen and oxygen atoms in total. The molecule has 3 rings (SSSR count). The lowest BCUT2D eigenvalue weighted by atomic mass is 9.93. The van der Waals surface area contributed by atoms with E-state index in [1.165, 1.54) is 0 Å². The molecule has 5 unspecified atom stereocenters. The van der Waals surface area contributed by atoms with Crippen LogP contribution >= 0.6 is 0 Å². The van der Waals surface area contributed by atoms with E-state index >= 15 is 0 Å². The quantitative estimate of drug-likeness (QED) is 0.463. The minimum Gasteiger partial charge on any atom is -0.388 e. The zero-order valence-corrected chi connectivity index (χ0v) is 15.1. The number of hydroxylamine groups is 2. The van der Waals surface area contributed by atoms with Gasteiger partial charge in [-0.3, -0.25) is 10.0 Å². The summed E-state index contributed by atoms with van der Waals surface area (Å²) in [7, 11) is 0. The first-order valence-electron chi connectivity index (χ1n) is 9.07. The highest BCUT2D eigenvalue weighted by atomic mass is 16.5. The highest BCUT2D eigenvalue weighted by Crippen LogP contribution is 2.24. The second-order valence-corrected chi connectivity index (χ2v) is 6.98. The minimum atomic E-state index is -1.27. The van der Waals surface area contributed by atoms with E-state index in [1.54, 1.807) is 19.1 Å². The van der Waals surface area contributed by atoms with E-state index in [9.17, 15) is 25.3 Å². The van der Waals surface area contributed by atoms with Crippen molar-refractivity contribution in [2.75, 3.05) is 6.54 Å². The molecule has 2 aromatic rings. The number of aliphatic hydroxyl groups excluding tert-OH is 3. The maximum Gasteiger partial charge on any atom is 0.277 e. The largest absolute Gasteiger partial charge is 0.388 e. The number of nitrogens with zero attached hydrogens (tertiary/aromatic N) is 1. The molecular weight excluding hydrogens is 350 g/mol. The van der Waals surface area contributed by atoms with Crippen LogP contribution in [0, 0.1) is 0 Å². The molecular formula is C20H25NO6. The van der Waals surface area contributed by atoms with Crippen molar-refractivity contribution in [1.29, 1.82) is 0 Å². The molecule has 0 aromatic heterocycles. The van der Waals surface area contributed by atoms with Crippen molar-refractivity contribution in [2.24, 2.45) is 0 Å². The van der Waals surface area contributed by atoms with Gasteiger partial charge in [0.15, 0.2) is 0 Å². The van der Waals surface area contributed by atoms with Crippen LogP contribution in [-0.2, 0) is 4.74 Å². The SMILES string of the molecule is CC1OC(CCCN(O)C(=O)c2ccc3ccccc3c2)C(O)C(O)C1O. The topological polar surface area (TPSA) is 110 Å². The summed E-state index contributed by atoms with van der Waals surface area (Å²) in [4.78, 5) is 12.4. The molecule has 2 aromatic carbocycles. The molecule has 7 heteroatoms. The Bertz CT molecular complexity index is 797. The number of fused-ring (bicyclic) bond motifs is 1. The molecule has 0 saturated carbocycles. The Hall–Kier alpha value is -2.03. The van der Waals surface area contributed by atoms with Gasteiger partial charge in [0.25, 0.3) is 5.91 Å². The summed E-state index contributed by atoms with van der Waals surface area (Å²) in [5, 5.41) is 42.2. The van der Waals surface area contributed by atoms with Gasteiger partial charge in [0, 0.05) is 12.1 Å². The zero-order chi connectivity index (χ0) is 19.6. The van der Waals surface area contributed by atoms with Crippen LogP contribution in [0.3, 0.4) is 0 Å². The number of hydrogen-bond donors (Lipinski definition) is 4. The average molecular weight is 375 g/mol. The standard InChI is InChI=1S/C20H25NO6/c1-12-17(22)19(24)18(23)16(27-12)7-4-10-21(26)20(25)15-9-8-13-5-2-3-6-14(13)11-15/h2-3,5-6,8-9,11-12,16-19,22-24,26H,4,7,10H2,1H3. The molecule has 146 valence electrons. The van der Waals surface area contributed by atoms with E-state index in [4.69, 9.17) is 4.74 Å². The van der Waals surface area contributed by atoms with Crippen LogP contribution in [-0.4, -0.2) is 68.6 Å². The fraction of sp³-hybridized carbons (Fsp3) is 0.450. The molecule has 0 aliphatic carbocycles. The van der Waals surface area contributed by atoms with E-state index in [0.29, 0.717) is 23.5 Å². The summed E-state index contributed by atoms with van der Waals surface area (Å²) < 4.78 is 5.51. The molecule has 1 aliphatic heterocycles. The Morgan fingerprint density at radius 1 is 1.04 bits per heavy atom. The van der Waals surface area contributed by atoms with Gasteiger partial charge in [-0.25, -0.2) is 5.06 Å². The molecule has 0 radical (unpaired) electrons. The van der Waals surface area contributed by atoms with Crippen molar-refractivity contribution in [1.82, 2.24) is 5.06 Å². The lowest BCUT2D eigenvalue weighted by Crippen LogP contribution is -2.56. The Balaban J connectivity index is 1.55. The van der Waals surface area contributed by atoms with Crippen LogP contribution in [0.1, 0.15) is 30.1 Å². The Morgan fingerprint density at radius 2 is 1.74 bits per heavy atom. The lowest BCUT2D eigenvalue weighted by Gasteiger charge is -2.39. The predicted molar refractivity (Wildman–Crippen MR) is 98.4 cm³/mol. The normalized spacial score (nSPS) is 28.3. The van der Waals surface area contributed by atoms with Gasteiger partial charge in [0.05, 0.1) is 12.2 Å². The average Bonchev–Trinajstić information content (AvgIpc) is 2.69. The number of ether oxygens (including phenoxy) is 1. The second kappa shape index (κ2) is 8.33. The molecule has 0 bridgehead atoms. The summed E-state index contributed by atoms with van der Waals surface area (Å²) in [5.41, 5.74) is 0.386. The van der Waals surface area contributed by atoms with Crippen molar-refractivity contribution < 1.29 is 30.1 Å². The van der Waals surface area contributed by atoms with Crippen LogP contribution in [0.4, 0.5) is 0 Å². The smallest absolute Gasteiger partial charge is 0.277 e. The van der Waals surface area contributed by atoms with Crippen LogP contribution in [0.25, 0.3) is 10.8 Å². The number of hydrogen-bond acceptors (Lipinski definition) is 6. The van der Waals surface area contributed by atoms with E-state index in [0.717, 1.165) is 10.8 Å². The molecule has 4 N–H and O–H groups in total. The van der Waals surface area contributed by atoms with Crippen molar-refractivity contribution >= 4 is 16.7 Å². The first-order valence-corrected chi connectivity index (χ1v) is 9.07. The number of aliphatic hydroxyl groups is 3. The lowest BCUT2D eigenvalue weighted by molar-refractivity contribution is -0.219. The molecule has 5 atom stereocenters. The first-order chi connectivity index (χ1) is 12.9. The van der Waals surface area contributed by atoms with Crippen LogP contribution in [0.15, 0.2) is 42.5 Å². The van der Waals surface area contributed by atoms with Crippen molar-refractivity contribution in [2.45, 2.75) is 50.3 Å². The van der Waals surface area contributed by atoms with Gasteiger partial charge in [-0.05, 0) is 42.7 Å². The first kappa shape index (κ1) is 19.7. The summed E-state index contributed by atoms with van der Waals surface area (Å²) in [5.74, 6) is -0.505. The van der Waals surface area contributed by atoms with Gasteiger partial charge < -0.3 is 20.1 Å². The van der Waals surface area contributed by atoms with Crippen molar-refractivity contribution in [3.63, 3.8) is 0 Å². The van der Waals surface area contributed by atoms with Crippen molar-refractivity contribution in [3.8, 4) is 0 Å². The van der Waals surface area contributed by atoms with Gasteiger partial charge in [0.2, 0.25) is 0 Å². The molecule has 27 heavy (non-hydrogen) atoms. The summed E-state index contributed by atoms with van der Waals surface area (Å²) in [6.45, 7) is 1.68. The molecule has 1 fully saturated rings. The van der Waals surface area contributed by atoms with E-state index in [-0.39, 0.29) is 6.54 Å². The van der Waals surface area contributed by atoms with E-state index in [1.807, 2.05) is 30.3 Å². The van der Waals surface area contributed by atoms with Crippen molar-refractivity contribution in [3.05, 3.63) is 48.0 Å². The number of rotatable bonds is 5. The fourth-order valence-electron chi connectivity index (χ4n) is 3.39. The predicted octanol–water partition coefficient (Wildman–Crippen LogP) is 1.32. The second-order valence-electron chi connectivity index (χ2n) is 6.98. The zero-order valence-electron chi connectivity index (χ0n) is 15.1. The third-order valence-electron chi connectivity index (χ3n) is 5.04. The third-order valence-corrected chi connectivity index (χ3v) is 5.04. The monoisotopic (exact) mass is 375 g/mol. The van der Waals surface area contributed by atoms with Gasteiger partial charge in [-0.2, -0.15) is 0 Å². The maximum atomic E-state index is 12.4. The number of benzene rings is 2. The fourth-order valence-corrected chi connectivity index (χ4v) is 3.39. The Morgan fingerprint density at radius 3 is 2.48 bits per heavy atom. The van der Waals surface area contributed by atoms with Gasteiger partial charge >= 0.3 is 0 Å². The van der Waals surface area contributed by atoms with Crippen LogP contribution in [0.5, 0.6) is 0 Å². The van der Waals surface area contributed by atoms with Crippen LogP contribution in [0.2, 0.25) is 0 Å². The molecule has 1 heterocycles. The molecule has 1 amide bonds. The Labute approximate surface area is 157 Å². The number of carbonyl (C=O) groups excluding carboxylic acids is 1. The van der Waals surface area contributed by atoms with Gasteiger partial charge in [-0.15, -0.1) is 0 Å². The Kier molecular flexibility index (Phi) is 6.08. The van der Waals surface area contributed by atoms with E-state index in [2.05, 4.69) is 0 Å². The minimum absolute atomic E-state index is 0.0608. The highest BCUT2D eigenvalue weighted by Gasteiger charge is 2.41. The maximum absolute atomic E-state index is 12.4. The summed E-state index contributed by atoms with van der Waals surface area (Å²) in [6, 6.07) is 12.9. The summed E-state index contributed by atoms with van der Waals surface area (Å²) in [6.07, 6.45) is -4.19. The molecule has 1 aliphatic rings. The molecule has 1 saturated heterocycles. The van der Waals surface area contributed by atoms with Gasteiger partial charge in [-0.1, -0.05) is 30.3 Å².